The predicted octanol–water partition coefficient (Wildman–Crippen LogP) is 1.80. The van der Waals surface area contributed by atoms with Crippen molar-refractivity contribution in [2.45, 2.75) is 26.8 Å². The Bertz CT molecular complexity index is 810. The van der Waals surface area contributed by atoms with Gasteiger partial charge in [-0.3, -0.25) is 24.5 Å². The van der Waals surface area contributed by atoms with E-state index in [9.17, 15) is 14.9 Å². The maximum Gasteiger partial charge on any atom is 0.312 e. The van der Waals surface area contributed by atoms with Gasteiger partial charge in [-0.1, -0.05) is 30.3 Å². The van der Waals surface area contributed by atoms with Crippen LogP contribution in [0.1, 0.15) is 17.0 Å². The summed E-state index contributed by atoms with van der Waals surface area (Å²) in [5.74, 6) is -0.0433. The molecule has 3 rings (SSSR count). The van der Waals surface area contributed by atoms with Crippen LogP contribution in [0.25, 0.3) is 0 Å². The number of nitrogens with zero attached hydrogens (tertiary/aromatic N) is 5. The Labute approximate surface area is 158 Å². The number of nitro groups is 1. The zero-order valence-electron chi connectivity index (χ0n) is 15.8. The van der Waals surface area contributed by atoms with Crippen LogP contribution in [0.4, 0.5) is 5.69 Å². The summed E-state index contributed by atoms with van der Waals surface area (Å²) in [7, 11) is 0. The quantitative estimate of drug-likeness (QED) is 0.571. The van der Waals surface area contributed by atoms with Crippen molar-refractivity contribution in [1.82, 2.24) is 19.6 Å². The molecule has 0 saturated carbocycles. The first-order valence-corrected chi connectivity index (χ1v) is 9.18. The van der Waals surface area contributed by atoms with Crippen LogP contribution in [0.15, 0.2) is 30.3 Å². The first kappa shape index (κ1) is 19.0. The van der Waals surface area contributed by atoms with Gasteiger partial charge in [-0.15, -0.1) is 0 Å². The molecule has 2 aromatic rings. The van der Waals surface area contributed by atoms with E-state index in [-0.39, 0.29) is 18.1 Å². The first-order chi connectivity index (χ1) is 13.0. The van der Waals surface area contributed by atoms with E-state index in [0.717, 1.165) is 26.1 Å². The van der Waals surface area contributed by atoms with Gasteiger partial charge in [0.25, 0.3) is 0 Å². The highest BCUT2D eigenvalue weighted by molar-refractivity contribution is 5.76. The molecule has 1 aliphatic rings. The molecule has 0 bridgehead atoms. The fourth-order valence-corrected chi connectivity index (χ4v) is 3.49. The summed E-state index contributed by atoms with van der Waals surface area (Å²) in [5, 5.41) is 15.3. The van der Waals surface area contributed by atoms with E-state index in [4.69, 9.17) is 0 Å². The van der Waals surface area contributed by atoms with Crippen molar-refractivity contribution in [1.29, 1.82) is 0 Å². The van der Waals surface area contributed by atoms with Crippen LogP contribution in [0.2, 0.25) is 0 Å². The van der Waals surface area contributed by atoms with E-state index in [1.807, 2.05) is 11.0 Å². The molecule has 0 N–H and O–H groups in total. The van der Waals surface area contributed by atoms with Crippen molar-refractivity contribution in [3.8, 4) is 0 Å². The number of amides is 1. The molecule has 144 valence electrons. The number of carbonyl (C=O) groups is 1. The third-order valence-corrected chi connectivity index (χ3v) is 5.10. The molecule has 8 heteroatoms. The van der Waals surface area contributed by atoms with E-state index >= 15 is 0 Å². The molecule has 1 aromatic heterocycles. The summed E-state index contributed by atoms with van der Waals surface area (Å²) >= 11 is 0. The predicted molar refractivity (Wildman–Crippen MR) is 102 cm³/mol. The largest absolute Gasteiger partial charge is 0.339 e. The van der Waals surface area contributed by atoms with Crippen molar-refractivity contribution in [2.24, 2.45) is 0 Å². The highest BCUT2D eigenvalue weighted by Gasteiger charge is 2.25. The number of hydrogen-bond acceptors (Lipinski definition) is 5. The van der Waals surface area contributed by atoms with Gasteiger partial charge in [-0.25, -0.2) is 0 Å². The van der Waals surface area contributed by atoms with Crippen molar-refractivity contribution < 1.29 is 9.72 Å². The van der Waals surface area contributed by atoms with E-state index in [1.165, 1.54) is 10.2 Å². The molecule has 1 fully saturated rings. The lowest BCUT2D eigenvalue weighted by atomic mass is 10.1. The number of benzene rings is 1. The van der Waals surface area contributed by atoms with E-state index in [1.54, 1.807) is 13.8 Å². The van der Waals surface area contributed by atoms with Gasteiger partial charge in [0.05, 0.1) is 4.92 Å². The lowest BCUT2D eigenvalue weighted by Gasteiger charge is -2.34. The Kier molecular flexibility index (Phi) is 5.85. The van der Waals surface area contributed by atoms with Crippen LogP contribution in [0, 0.1) is 24.0 Å². The van der Waals surface area contributed by atoms with Crippen LogP contribution >= 0.6 is 0 Å². The molecule has 0 spiro atoms. The number of aryl methyl sites for hydroxylation is 1. The lowest BCUT2D eigenvalue weighted by Crippen LogP contribution is -2.50. The van der Waals surface area contributed by atoms with Crippen molar-refractivity contribution in [3.05, 3.63) is 57.4 Å². The number of carbonyl (C=O) groups excluding carboxylic acids is 1. The molecular formula is C19H25N5O3. The fourth-order valence-electron chi connectivity index (χ4n) is 3.49. The van der Waals surface area contributed by atoms with Gasteiger partial charge < -0.3 is 4.90 Å². The third-order valence-electron chi connectivity index (χ3n) is 5.10. The van der Waals surface area contributed by atoms with E-state index < -0.39 is 4.92 Å². The molecule has 1 aliphatic heterocycles. The molecule has 1 saturated heterocycles. The van der Waals surface area contributed by atoms with Crippen LogP contribution in [-0.4, -0.2) is 63.1 Å². The average Bonchev–Trinajstić information content (AvgIpc) is 2.94. The highest BCUT2D eigenvalue weighted by atomic mass is 16.6. The van der Waals surface area contributed by atoms with Gasteiger partial charge in [0.2, 0.25) is 5.91 Å². The summed E-state index contributed by atoms with van der Waals surface area (Å²) < 4.78 is 1.44. The maximum absolute atomic E-state index is 12.6. The smallest absolute Gasteiger partial charge is 0.312 e. The van der Waals surface area contributed by atoms with Gasteiger partial charge in [0, 0.05) is 32.7 Å². The monoisotopic (exact) mass is 371 g/mol. The molecule has 27 heavy (non-hydrogen) atoms. The summed E-state index contributed by atoms with van der Waals surface area (Å²) in [6, 6.07) is 10.4. The Morgan fingerprint density at radius 2 is 1.81 bits per heavy atom. The average molecular weight is 371 g/mol. The molecular weight excluding hydrogens is 346 g/mol. The SMILES string of the molecule is Cc1nn(CC(=O)N2CCN(CCc3ccccc3)CC2)c(C)c1[N+](=O)[O-]. The summed E-state index contributed by atoms with van der Waals surface area (Å²) in [6.45, 7) is 7.29. The highest BCUT2D eigenvalue weighted by Crippen LogP contribution is 2.21. The maximum atomic E-state index is 12.6. The zero-order valence-corrected chi connectivity index (χ0v) is 15.8. The standard InChI is InChI=1S/C19H25N5O3/c1-15-19(24(26)27)16(2)23(20-15)14-18(25)22-12-10-21(11-13-22)9-8-17-6-4-3-5-7-17/h3-7H,8-14H2,1-2H3. The summed E-state index contributed by atoms with van der Waals surface area (Å²) in [6.07, 6.45) is 1.00. The fraction of sp³-hybridized carbons (Fsp3) is 0.474. The Hall–Kier alpha value is -2.74. The minimum Gasteiger partial charge on any atom is -0.339 e. The zero-order chi connectivity index (χ0) is 19.4. The van der Waals surface area contributed by atoms with Gasteiger partial charge in [0.15, 0.2) is 0 Å². The van der Waals surface area contributed by atoms with Crippen LogP contribution in [0.5, 0.6) is 0 Å². The van der Waals surface area contributed by atoms with Gasteiger partial charge >= 0.3 is 5.69 Å². The van der Waals surface area contributed by atoms with Crippen molar-refractivity contribution >= 4 is 11.6 Å². The second-order valence-corrected chi connectivity index (χ2v) is 6.89. The Balaban J connectivity index is 1.50. The second-order valence-electron chi connectivity index (χ2n) is 6.89. The van der Waals surface area contributed by atoms with E-state index in [2.05, 4.69) is 34.3 Å². The topological polar surface area (TPSA) is 84.5 Å². The van der Waals surface area contributed by atoms with Crippen molar-refractivity contribution in [3.63, 3.8) is 0 Å². The molecule has 2 heterocycles. The lowest BCUT2D eigenvalue weighted by molar-refractivity contribution is -0.386. The van der Waals surface area contributed by atoms with Gasteiger partial charge in [0.1, 0.15) is 17.9 Å². The minimum absolute atomic E-state index is 0.00599. The van der Waals surface area contributed by atoms with Crippen molar-refractivity contribution in [2.75, 3.05) is 32.7 Å². The first-order valence-electron chi connectivity index (χ1n) is 9.18. The number of hydrogen-bond donors (Lipinski definition) is 0. The molecule has 1 aromatic carbocycles. The van der Waals surface area contributed by atoms with E-state index in [0.29, 0.717) is 24.5 Å². The minimum atomic E-state index is -0.440. The van der Waals surface area contributed by atoms with Gasteiger partial charge in [-0.2, -0.15) is 5.10 Å². The normalized spacial score (nSPS) is 15.1. The molecule has 0 atom stereocenters. The van der Waals surface area contributed by atoms with Gasteiger partial charge in [-0.05, 0) is 25.8 Å². The molecule has 8 nitrogen and oxygen atoms in total. The van der Waals surface area contributed by atoms with Crippen LogP contribution < -0.4 is 0 Å². The number of aromatic nitrogens is 2. The van der Waals surface area contributed by atoms with Crippen LogP contribution in [0.3, 0.4) is 0 Å². The number of rotatable bonds is 6. The number of piperazine rings is 1. The molecule has 0 aliphatic carbocycles. The summed E-state index contributed by atoms with van der Waals surface area (Å²) in [5.41, 5.74) is 2.08. The molecule has 1 amide bonds. The summed E-state index contributed by atoms with van der Waals surface area (Å²) in [4.78, 5) is 27.4. The Morgan fingerprint density at radius 1 is 1.15 bits per heavy atom. The molecule has 0 radical (unpaired) electrons. The Morgan fingerprint density at radius 3 is 2.41 bits per heavy atom. The third kappa shape index (κ3) is 4.51. The molecule has 0 unspecified atom stereocenters. The second kappa shape index (κ2) is 8.30. The van der Waals surface area contributed by atoms with Crippen LogP contribution in [-0.2, 0) is 17.8 Å².